The van der Waals surface area contributed by atoms with Crippen molar-refractivity contribution >= 4 is 5.91 Å². The molecule has 1 aliphatic rings. The highest BCUT2D eigenvalue weighted by Gasteiger charge is 2.38. The first-order valence-corrected chi connectivity index (χ1v) is 6.01. The molecule has 0 saturated carbocycles. The van der Waals surface area contributed by atoms with Gasteiger partial charge in [-0.2, -0.15) is 0 Å². The molecular weight excluding hydrogens is 204 g/mol. The first-order valence-electron chi connectivity index (χ1n) is 6.01. The predicted octanol–water partition coefficient (Wildman–Crippen LogP) is 0.604. The summed E-state index contributed by atoms with van der Waals surface area (Å²) in [6.45, 7) is 7.24. The fraction of sp³-hybridized carbons (Fsp3) is 0.917. The monoisotopic (exact) mass is 228 g/mol. The third-order valence-corrected chi connectivity index (χ3v) is 3.29. The number of aliphatic hydroxyl groups is 1. The van der Waals surface area contributed by atoms with E-state index in [1.807, 2.05) is 0 Å². The number of likely N-dealkylation sites (N-methyl/N-ethyl adjacent to an activating group) is 1. The first kappa shape index (κ1) is 13.5. The van der Waals surface area contributed by atoms with Gasteiger partial charge in [-0.3, -0.25) is 4.79 Å². The van der Waals surface area contributed by atoms with Crippen molar-refractivity contribution in [2.45, 2.75) is 45.8 Å². The van der Waals surface area contributed by atoms with Crippen LogP contribution in [0.2, 0.25) is 0 Å². The Morgan fingerprint density at radius 3 is 2.75 bits per heavy atom. The highest BCUT2D eigenvalue weighted by atomic mass is 16.3. The van der Waals surface area contributed by atoms with Crippen LogP contribution in [0.5, 0.6) is 0 Å². The van der Waals surface area contributed by atoms with E-state index < -0.39 is 6.10 Å². The number of amides is 1. The van der Waals surface area contributed by atoms with Gasteiger partial charge in [-0.1, -0.05) is 13.8 Å². The average Bonchev–Trinajstić information content (AvgIpc) is 2.15. The van der Waals surface area contributed by atoms with Crippen LogP contribution in [-0.4, -0.2) is 48.2 Å². The summed E-state index contributed by atoms with van der Waals surface area (Å²) in [5.41, 5.74) is 0.00227. The summed E-state index contributed by atoms with van der Waals surface area (Å²) in [4.78, 5) is 13.8. The van der Waals surface area contributed by atoms with Gasteiger partial charge in [0, 0.05) is 13.6 Å². The molecule has 4 heteroatoms. The van der Waals surface area contributed by atoms with Crippen molar-refractivity contribution in [3.8, 4) is 0 Å². The summed E-state index contributed by atoms with van der Waals surface area (Å²) in [7, 11) is 1.75. The number of rotatable bonds is 3. The van der Waals surface area contributed by atoms with Gasteiger partial charge in [0.15, 0.2) is 0 Å². The maximum atomic E-state index is 12.2. The molecule has 2 unspecified atom stereocenters. The van der Waals surface area contributed by atoms with Gasteiger partial charge in [-0.15, -0.1) is 0 Å². The molecule has 0 aromatic rings. The fourth-order valence-electron chi connectivity index (χ4n) is 2.34. The normalized spacial score (nSPS) is 26.2. The maximum Gasteiger partial charge on any atom is 0.240 e. The summed E-state index contributed by atoms with van der Waals surface area (Å²) >= 11 is 0. The number of hydrogen-bond donors (Lipinski definition) is 2. The van der Waals surface area contributed by atoms with Crippen LogP contribution in [-0.2, 0) is 4.79 Å². The molecule has 1 heterocycles. The van der Waals surface area contributed by atoms with E-state index in [2.05, 4.69) is 19.2 Å². The molecular formula is C12H24N2O2. The maximum absolute atomic E-state index is 12.2. The van der Waals surface area contributed by atoms with Crippen molar-refractivity contribution in [3.05, 3.63) is 0 Å². The SMILES string of the molecule is CC(O)CN(C)C(=O)C1NCCCC1(C)C. The van der Waals surface area contributed by atoms with Gasteiger partial charge >= 0.3 is 0 Å². The quantitative estimate of drug-likeness (QED) is 0.744. The minimum Gasteiger partial charge on any atom is -0.392 e. The van der Waals surface area contributed by atoms with Crippen molar-refractivity contribution in [3.63, 3.8) is 0 Å². The van der Waals surface area contributed by atoms with Crippen molar-refractivity contribution in [1.82, 2.24) is 10.2 Å². The molecule has 0 radical (unpaired) electrons. The molecule has 2 N–H and O–H groups in total. The van der Waals surface area contributed by atoms with Crippen molar-refractivity contribution in [2.75, 3.05) is 20.1 Å². The topological polar surface area (TPSA) is 52.6 Å². The summed E-state index contributed by atoms with van der Waals surface area (Å²) in [6, 6.07) is -0.120. The lowest BCUT2D eigenvalue weighted by Crippen LogP contribution is -2.56. The average molecular weight is 228 g/mol. The van der Waals surface area contributed by atoms with E-state index in [4.69, 9.17) is 0 Å². The molecule has 0 aliphatic carbocycles. The number of hydrogen-bond acceptors (Lipinski definition) is 3. The van der Waals surface area contributed by atoms with Gasteiger partial charge in [0.1, 0.15) is 0 Å². The van der Waals surface area contributed by atoms with Crippen LogP contribution in [0.3, 0.4) is 0 Å². The number of piperidine rings is 1. The Hall–Kier alpha value is -0.610. The largest absolute Gasteiger partial charge is 0.392 e. The van der Waals surface area contributed by atoms with Gasteiger partial charge < -0.3 is 15.3 Å². The molecule has 1 fully saturated rings. The van der Waals surface area contributed by atoms with E-state index in [9.17, 15) is 9.90 Å². The summed E-state index contributed by atoms with van der Waals surface area (Å²) < 4.78 is 0. The van der Waals surface area contributed by atoms with Crippen LogP contribution in [0.15, 0.2) is 0 Å². The molecule has 4 nitrogen and oxygen atoms in total. The third kappa shape index (κ3) is 3.19. The lowest BCUT2D eigenvalue weighted by atomic mass is 9.77. The van der Waals surface area contributed by atoms with E-state index >= 15 is 0 Å². The van der Waals surface area contributed by atoms with Crippen LogP contribution >= 0.6 is 0 Å². The number of carbonyl (C=O) groups is 1. The number of carbonyl (C=O) groups excluding carboxylic acids is 1. The molecule has 1 saturated heterocycles. The highest BCUT2D eigenvalue weighted by molar-refractivity contribution is 5.82. The second-order valence-corrected chi connectivity index (χ2v) is 5.55. The van der Waals surface area contributed by atoms with Crippen LogP contribution in [0.1, 0.15) is 33.6 Å². The molecule has 94 valence electrons. The molecule has 0 aromatic heterocycles. The lowest BCUT2D eigenvalue weighted by Gasteiger charge is -2.40. The molecule has 16 heavy (non-hydrogen) atoms. The molecule has 0 spiro atoms. The van der Waals surface area contributed by atoms with E-state index in [1.54, 1.807) is 18.9 Å². The molecule has 1 rings (SSSR count). The van der Waals surface area contributed by atoms with E-state index in [0.29, 0.717) is 6.54 Å². The van der Waals surface area contributed by atoms with Crippen LogP contribution in [0.4, 0.5) is 0 Å². The van der Waals surface area contributed by atoms with Crippen LogP contribution in [0, 0.1) is 5.41 Å². The van der Waals surface area contributed by atoms with Gasteiger partial charge in [0.25, 0.3) is 0 Å². The van der Waals surface area contributed by atoms with Gasteiger partial charge in [-0.25, -0.2) is 0 Å². The van der Waals surface area contributed by atoms with Gasteiger partial charge in [0.2, 0.25) is 5.91 Å². The molecule has 0 bridgehead atoms. The minimum absolute atomic E-state index is 0.00227. The lowest BCUT2D eigenvalue weighted by molar-refractivity contribution is -0.137. The summed E-state index contributed by atoms with van der Waals surface area (Å²) in [6.07, 6.45) is 1.72. The molecule has 0 aromatic carbocycles. The van der Waals surface area contributed by atoms with E-state index in [0.717, 1.165) is 19.4 Å². The van der Waals surface area contributed by atoms with Crippen molar-refractivity contribution in [1.29, 1.82) is 0 Å². The molecule has 1 amide bonds. The summed E-state index contributed by atoms with van der Waals surface area (Å²) in [5, 5.41) is 12.6. The zero-order valence-corrected chi connectivity index (χ0v) is 10.8. The second-order valence-electron chi connectivity index (χ2n) is 5.55. The molecule has 2 atom stereocenters. The fourth-order valence-corrected chi connectivity index (χ4v) is 2.34. The Bertz CT molecular complexity index is 251. The van der Waals surface area contributed by atoms with Crippen molar-refractivity contribution < 1.29 is 9.90 Å². The second kappa shape index (κ2) is 5.15. The smallest absolute Gasteiger partial charge is 0.240 e. The third-order valence-electron chi connectivity index (χ3n) is 3.29. The van der Waals surface area contributed by atoms with E-state index in [1.165, 1.54) is 0 Å². The standard InChI is InChI=1S/C12H24N2O2/c1-9(15)8-14(4)11(16)10-12(2,3)6-5-7-13-10/h9-10,13,15H,5-8H2,1-4H3. The van der Waals surface area contributed by atoms with Crippen LogP contribution < -0.4 is 5.32 Å². The van der Waals surface area contributed by atoms with Gasteiger partial charge in [0.05, 0.1) is 12.1 Å². The Kier molecular flexibility index (Phi) is 4.33. The first-order chi connectivity index (χ1) is 7.34. The zero-order valence-electron chi connectivity index (χ0n) is 10.8. The van der Waals surface area contributed by atoms with Gasteiger partial charge in [-0.05, 0) is 31.7 Å². The Morgan fingerprint density at radius 2 is 2.25 bits per heavy atom. The Labute approximate surface area is 98.0 Å². The minimum atomic E-state index is -0.472. The predicted molar refractivity (Wildman–Crippen MR) is 64.1 cm³/mol. The van der Waals surface area contributed by atoms with Crippen LogP contribution in [0.25, 0.3) is 0 Å². The molecule has 1 aliphatic heterocycles. The summed E-state index contributed by atoms with van der Waals surface area (Å²) in [5.74, 6) is 0.0885. The number of aliphatic hydroxyl groups excluding tert-OH is 1. The Morgan fingerprint density at radius 1 is 1.62 bits per heavy atom. The zero-order chi connectivity index (χ0) is 12.3. The van der Waals surface area contributed by atoms with Crippen molar-refractivity contribution in [2.24, 2.45) is 5.41 Å². The number of nitrogens with one attached hydrogen (secondary N) is 1. The Balaban J connectivity index is 2.64. The highest BCUT2D eigenvalue weighted by Crippen LogP contribution is 2.30. The van der Waals surface area contributed by atoms with E-state index in [-0.39, 0.29) is 17.4 Å². The number of nitrogens with zero attached hydrogens (tertiary/aromatic N) is 1.